The van der Waals surface area contributed by atoms with E-state index in [4.69, 9.17) is 10.2 Å². The van der Waals surface area contributed by atoms with Gasteiger partial charge >= 0.3 is 11.9 Å². The van der Waals surface area contributed by atoms with Crippen molar-refractivity contribution < 1.29 is 24.6 Å². The highest BCUT2D eigenvalue weighted by Gasteiger charge is 2.21. The molecule has 0 saturated carbocycles. The first-order valence-corrected chi connectivity index (χ1v) is 5.85. The number of carboxylic acids is 2. The smallest absolute Gasteiger partial charge is 0.323 e. The van der Waals surface area contributed by atoms with Crippen LogP contribution >= 0.6 is 12.6 Å². The summed E-state index contributed by atoms with van der Waals surface area (Å²) in [4.78, 5) is 33.8. The van der Waals surface area contributed by atoms with Gasteiger partial charge in [-0.15, -0.1) is 0 Å². The fraction of sp³-hybridized carbons (Fsp3) is 0.700. The predicted molar refractivity (Wildman–Crippen MR) is 64.1 cm³/mol. The van der Waals surface area contributed by atoms with E-state index in [-0.39, 0.29) is 31.2 Å². The van der Waals surface area contributed by atoms with E-state index in [1.165, 1.54) is 0 Å². The molecule has 1 unspecified atom stereocenters. The fourth-order valence-corrected chi connectivity index (χ4v) is 1.40. The lowest BCUT2D eigenvalue weighted by molar-refractivity contribution is -0.146. The molecule has 1 atom stereocenters. The number of aliphatic carboxylic acids is 2. The highest BCUT2D eigenvalue weighted by molar-refractivity contribution is 7.80. The van der Waals surface area contributed by atoms with Gasteiger partial charge in [-0.2, -0.15) is 12.6 Å². The van der Waals surface area contributed by atoms with Gasteiger partial charge in [0.2, 0.25) is 5.91 Å². The molecular formula is C10H17NO5S. The molecule has 0 spiro atoms. The van der Waals surface area contributed by atoms with Gasteiger partial charge in [0.15, 0.2) is 0 Å². The third-order valence-corrected chi connectivity index (χ3v) is 2.70. The van der Waals surface area contributed by atoms with Crippen LogP contribution in [0.3, 0.4) is 0 Å². The predicted octanol–water partition coefficient (Wildman–Crippen LogP) is 0.330. The molecule has 6 nitrogen and oxygen atoms in total. The molecule has 0 bridgehead atoms. The lowest BCUT2D eigenvalue weighted by Gasteiger charge is -2.23. The molecule has 17 heavy (non-hydrogen) atoms. The zero-order chi connectivity index (χ0) is 13.4. The summed E-state index contributed by atoms with van der Waals surface area (Å²) < 4.78 is 0. The van der Waals surface area contributed by atoms with Crippen LogP contribution in [0.2, 0.25) is 0 Å². The van der Waals surface area contributed by atoms with Gasteiger partial charge in [0, 0.05) is 24.6 Å². The number of nitrogens with zero attached hydrogens (tertiary/aromatic N) is 1. The molecule has 0 aromatic heterocycles. The van der Waals surface area contributed by atoms with Crippen LogP contribution in [0, 0.1) is 5.92 Å². The Hall–Kier alpha value is -1.24. The molecule has 0 aromatic rings. The third-order valence-electron chi connectivity index (χ3n) is 2.15. The number of carboxylic acid groups (broad SMARTS) is 2. The Balaban J connectivity index is 4.37. The van der Waals surface area contributed by atoms with Crippen molar-refractivity contribution >= 4 is 30.5 Å². The van der Waals surface area contributed by atoms with Crippen LogP contribution in [0.25, 0.3) is 0 Å². The molecule has 0 fully saturated rings. The standard InChI is InChI=1S/C10H17NO5S/c1-7(6-17)10(16)11(5-9(14)15)4-2-3-8(12)13/h7,17H,2-6H2,1H3,(H,12,13)(H,14,15). The zero-order valence-corrected chi connectivity index (χ0v) is 10.5. The van der Waals surface area contributed by atoms with Gasteiger partial charge < -0.3 is 15.1 Å². The van der Waals surface area contributed by atoms with Gasteiger partial charge in [-0.1, -0.05) is 6.92 Å². The van der Waals surface area contributed by atoms with Gasteiger partial charge in [0.1, 0.15) is 6.54 Å². The average molecular weight is 263 g/mol. The van der Waals surface area contributed by atoms with E-state index in [2.05, 4.69) is 12.6 Å². The van der Waals surface area contributed by atoms with E-state index in [0.29, 0.717) is 5.75 Å². The van der Waals surface area contributed by atoms with Crippen molar-refractivity contribution in [1.29, 1.82) is 0 Å². The monoisotopic (exact) mass is 263 g/mol. The number of thiol groups is 1. The highest BCUT2D eigenvalue weighted by Crippen LogP contribution is 2.06. The third kappa shape index (κ3) is 6.83. The molecular weight excluding hydrogens is 246 g/mol. The van der Waals surface area contributed by atoms with Crippen molar-refractivity contribution in [2.24, 2.45) is 5.92 Å². The van der Waals surface area contributed by atoms with Crippen molar-refractivity contribution in [3.05, 3.63) is 0 Å². The maximum atomic E-state index is 11.8. The Kier molecular flexibility index (Phi) is 7.36. The topological polar surface area (TPSA) is 94.9 Å². The number of hydrogen-bond donors (Lipinski definition) is 3. The Morgan fingerprint density at radius 2 is 1.82 bits per heavy atom. The SMILES string of the molecule is CC(CS)C(=O)N(CCCC(=O)O)CC(=O)O. The van der Waals surface area contributed by atoms with Crippen LogP contribution in [0.1, 0.15) is 19.8 Å². The minimum Gasteiger partial charge on any atom is -0.481 e. The summed E-state index contributed by atoms with van der Waals surface area (Å²) in [6, 6.07) is 0. The number of carbonyl (C=O) groups excluding carboxylic acids is 1. The minimum atomic E-state index is -1.11. The lowest BCUT2D eigenvalue weighted by Crippen LogP contribution is -2.40. The highest BCUT2D eigenvalue weighted by atomic mass is 32.1. The normalized spacial score (nSPS) is 11.9. The molecule has 2 N–H and O–H groups in total. The fourth-order valence-electron chi connectivity index (χ4n) is 1.24. The van der Waals surface area contributed by atoms with Crippen molar-refractivity contribution in [1.82, 2.24) is 4.90 Å². The van der Waals surface area contributed by atoms with Crippen molar-refractivity contribution in [2.75, 3.05) is 18.8 Å². The largest absolute Gasteiger partial charge is 0.481 e. The minimum absolute atomic E-state index is 0.0847. The zero-order valence-electron chi connectivity index (χ0n) is 9.63. The summed E-state index contributed by atoms with van der Waals surface area (Å²) in [7, 11) is 0. The molecule has 0 saturated heterocycles. The van der Waals surface area contributed by atoms with Gasteiger partial charge in [0.25, 0.3) is 0 Å². The van der Waals surface area contributed by atoms with Crippen molar-refractivity contribution in [3.8, 4) is 0 Å². The van der Waals surface area contributed by atoms with E-state index in [1.54, 1.807) is 6.92 Å². The maximum Gasteiger partial charge on any atom is 0.323 e. The van der Waals surface area contributed by atoms with E-state index in [9.17, 15) is 14.4 Å². The van der Waals surface area contributed by atoms with Crippen LogP contribution in [0.5, 0.6) is 0 Å². The van der Waals surface area contributed by atoms with Crippen LogP contribution in [0.15, 0.2) is 0 Å². The average Bonchev–Trinajstić information content (AvgIpc) is 2.24. The van der Waals surface area contributed by atoms with Crippen molar-refractivity contribution in [3.63, 3.8) is 0 Å². The molecule has 0 aliphatic carbocycles. The first-order chi connectivity index (χ1) is 7.88. The van der Waals surface area contributed by atoms with Crippen LogP contribution in [-0.4, -0.2) is 51.8 Å². The summed E-state index contributed by atoms with van der Waals surface area (Å²) in [6.07, 6.45) is 0.159. The summed E-state index contributed by atoms with van der Waals surface area (Å²) in [6.45, 7) is 1.38. The van der Waals surface area contributed by atoms with Gasteiger partial charge in [-0.25, -0.2) is 0 Å². The van der Waals surface area contributed by atoms with Crippen LogP contribution in [-0.2, 0) is 14.4 Å². The van der Waals surface area contributed by atoms with Gasteiger partial charge in [0.05, 0.1) is 0 Å². The molecule has 98 valence electrons. The molecule has 0 aromatic carbocycles. The molecule has 1 amide bonds. The van der Waals surface area contributed by atoms with E-state index in [1.807, 2.05) is 0 Å². The Morgan fingerprint density at radius 3 is 2.24 bits per heavy atom. The molecule has 0 aliphatic rings. The molecule has 0 aliphatic heterocycles. The molecule has 7 heteroatoms. The molecule has 0 radical (unpaired) electrons. The second kappa shape index (κ2) is 7.94. The summed E-state index contributed by atoms with van der Waals surface area (Å²) in [5.41, 5.74) is 0. The van der Waals surface area contributed by atoms with E-state index in [0.717, 1.165) is 4.90 Å². The second-order valence-electron chi connectivity index (χ2n) is 3.73. The summed E-state index contributed by atoms with van der Waals surface area (Å²) >= 11 is 3.97. The summed E-state index contributed by atoms with van der Waals surface area (Å²) in [5.74, 6) is -2.43. The van der Waals surface area contributed by atoms with Crippen LogP contribution < -0.4 is 0 Å². The Bertz CT molecular complexity index is 294. The van der Waals surface area contributed by atoms with Gasteiger partial charge in [-0.05, 0) is 6.42 Å². The molecule has 0 heterocycles. The molecule has 0 rings (SSSR count). The Morgan fingerprint density at radius 1 is 1.24 bits per heavy atom. The van der Waals surface area contributed by atoms with E-state index >= 15 is 0 Å². The number of hydrogen-bond acceptors (Lipinski definition) is 4. The van der Waals surface area contributed by atoms with Crippen molar-refractivity contribution in [2.45, 2.75) is 19.8 Å². The second-order valence-corrected chi connectivity index (χ2v) is 4.10. The summed E-state index contributed by atoms with van der Waals surface area (Å²) in [5, 5.41) is 17.1. The number of carbonyl (C=O) groups is 3. The van der Waals surface area contributed by atoms with Crippen LogP contribution in [0.4, 0.5) is 0 Å². The first kappa shape index (κ1) is 15.8. The number of amides is 1. The van der Waals surface area contributed by atoms with Gasteiger partial charge in [-0.3, -0.25) is 14.4 Å². The number of rotatable bonds is 8. The first-order valence-electron chi connectivity index (χ1n) is 5.21. The lowest BCUT2D eigenvalue weighted by atomic mass is 10.1. The Labute approximate surface area is 105 Å². The maximum absolute atomic E-state index is 11.8. The van der Waals surface area contributed by atoms with E-state index < -0.39 is 18.5 Å². The quantitative estimate of drug-likeness (QED) is 0.549.